The molecule has 0 spiro atoms. The molecule has 1 aliphatic carbocycles. The van der Waals surface area contributed by atoms with Crippen molar-refractivity contribution in [2.24, 2.45) is 0 Å². The van der Waals surface area contributed by atoms with Gasteiger partial charge in [-0.1, -0.05) is 19.3 Å². The predicted octanol–water partition coefficient (Wildman–Crippen LogP) is 3.25. The van der Waals surface area contributed by atoms with Crippen LogP contribution in [-0.2, 0) is 24.3 Å². The quantitative estimate of drug-likeness (QED) is 0.917. The van der Waals surface area contributed by atoms with E-state index >= 15 is 0 Å². The van der Waals surface area contributed by atoms with Crippen molar-refractivity contribution in [3.63, 3.8) is 0 Å². The molecule has 1 aliphatic heterocycles. The summed E-state index contributed by atoms with van der Waals surface area (Å²) in [6.45, 7) is 6.94. The second-order valence-corrected chi connectivity index (χ2v) is 8.12. The minimum atomic E-state index is 0.145. The van der Waals surface area contributed by atoms with Crippen LogP contribution in [0.2, 0.25) is 0 Å². The van der Waals surface area contributed by atoms with Gasteiger partial charge >= 0.3 is 0 Å². The standard InChI is InChI=1S/C21H30N4O/c1-15(2)24-11-9-19-18(13-24)17-8-10-22-12-20(17)25(19)14-21(26)23-16-6-4-3-5-7-16/h8,10,12,15-16H,3-7,9,11,13-14H2,1-2H3,(H,23,26). The lowest BCUT2D eigenvalue weighted by molar-refractivity contribution is -0.122. The van der Waals surface area contributed by atoms with Gasteiger partial charge in [-0.2, -0.15) is 0 Å². The van der Waals surface area contributed by atoms with Gasteiger partial charge in [-0.3, -0.25) is 14.7 Å². The lowest BCUT2D eigenvalue weighted by Gasteiger charge is -2.31. The van der Waals surface area contributed by atoms with E-state index in [1.807, 2.05) is 12.4 Å². The Bertz CT molecular complexity index is 789. The first-order valence-corrected chi connectivity index (χ1v) is 10.1. The number of pyridine rings is 1. The highest BCUT2D eigenvalue weighted by Crippen LogP contribution is 2.31. The van der Waals surface area contributed by atoms with Gasteiger partial charge in [0.15, 0.2) is 0 Å². The third-order valence-electron chi connectivity index (χ3n) is 6.09. The summed E-state index contributed by atoms with van der Waals surface area (Å²) in [5, 5.41) is 4.52. The van der Waals surface area contributed by atoms with E-state index in [0.717, 1.165) is 37.9 Å². The number of nitrogens with zero attached hydrogens (tertiary/aromatic N) is 3. The maximum atomic E-state index is 12.7. The smallest absolute Gasteiger partial charge is 0.240 e. The van der Waals surface area contributed by atoms with Gasteiger partial charge < -0.3 is 9.88 Å². The summed E-state index contributed by atoms with van der Waals surface area (Å²) in [5.74, 6) is 0.145. The van der Waals surface area contributed by atoms with Crippen LogP contribution in [0.25, 0.3) is 10.9 Å². The maximum Gasteiger partial charge on any atom is 0.240 e. The topological polar surface area (TPSA) is 50.2 Å². The Morgan fingerprint density at radius 1 is 1.31 bits per heavy atom. The number of hydrogen-bond acceptors (Lipinski definition) is 3. The number of carbonyl (C=O) groups is 1. The summed E-state index contributed by atoms with van der Waals surface area (Å²) in [6.07, 6.45) is 10.8. The molecule has 140 valence electrons. The molecular weight excluding hydrogens is 324 g/mol. The third kappa shape index (κ3) is 3.37. The Balaban J connectivity index is 1.60. The number of hydrogen-bond donors (Lipinski definition) is 1. The molecule has 0 bridgehead atoms. The highest BCUT2D eigenvalue weighted by atomic mass is 16.2. The van der Waals surface area contributed by atoms with Crippen LogP contribution in [0.5, 0.6) is 0 Å². The Labute approximate surface area is 155 Å². The van der Waals surface area contributed by atoms with Gasteiger partial charge in [0.2, 0.25) is 5.91 Å². The lowest BCUT2D eigenvalue weighted by Crippen LogP contribution is -2.39. The number of amides is 1. The summed E-state index contributed by atoms with van der Waals surface area (Å²) >= 11 is 0. The molecule has 0 saturated heterocycles. The molecule has 2 aromatic rings. The van der Waals surface area contributed by atoms with Crippen molar-refractivity contribution in [1.82, 2.24) is 19.8 Å². The third-order valence-corrected chi connectivity index (χ3v) is 6.09. The van der Waals surface area contributed by atoms with Gasteiger partial charge in [-0.05, 0) is 38.3 Å². The van der Waals surface area contributed by atoms with Crippen LogP contribution >= 0.6 is 0 Å². The Morgan fingerprint density at radius 2 is 2.12 bits per heavy atom. The average Bonchev–Trinajstić information content (AvgIpc) is 2.96. The van der Waals surface area contributed by atoms with Crippen LogP contribution < -0.4 is 5.32 Å². The van der Waals surface area contributed by atoms with Crippen molar-refractivity contribution in [3.8, 4) is 0 Å². The zero-order valence-corrected chi connectivity index (χ0v) is 16.0. The van der Waals surface area contributed by atoms with Crippen molar-refractivity contribution in [2.75, 3.05) is 6.54 Å². The highest BCUT2D eigenvalue weighted by molar-refractivity contribution is 5.87. The Morgan fingerprint density at radius 3 is 2.88 bits per heavy atom. The van der Waals surface area contributed by atoms with Gasteiger partial charge in [0.05, 0.1) is 11.7 Å². The van der Waals surface area contributed by atoms with Crippen molar-refractivity contribution >= 4 is 16.8 Å². The number of carbonyl (C=O) groups excluding carboxylic acids is 1. The second-order valence-electron chi connectivity index (χ2n) is 8.12. The minimum absolute atomic E-state index is 0.145. The summed E-state index contributed by atoms with van der Waals surface area (Å²) in [4.78, 5) is 19.6. The molecule has 5 nitrogen and oxygen atoms in total. The largest absolute Gasteiger partial charge is 0.352 e. The molecule has 0 atom stereocenters. The highest BCUT2D eigenvalue weighted by Gasteiger charge is 2.26. The number of fused-ring (bicyclic) bond motifs is 3. The maximum absolute atomic E-state index is 12.7. The van der Waals surface area contributed by atoms with E-state index in [0.29, 0.717) is 18.6 Å². The van der Waals surface area contributed by atoms with Crippen molar-refractivity contribution in [3.05, 3.63) is 29.7 Å². The Kier molecular flexibility index (Phi) is 4.98. The first kappa shape index (κ1) is 17.5. The first-order chi connectivity index (χ1) is 12.6. The molecule has 4 rings (SSSR count). The Hall–Kier alpha value is -1.88. The van der Waals surface area contributed by atoms with Crippen LogP contribution in [0, 0.1) is 0 Å². The molecule has 0 aromatic carbocycles. The summed E-state index contributed by atoms with van der Waals surface area (Å²) in [7, 11) is 0. The molecule has 1 saturated carbocycles. The molecule has 3 heterocycles. The summed E-state index contributed by atoms with van der Waals surface area (Å²) < 4.78 is 2.22. The molecule has 1 N–H and O–H groups in total. The van der Waals surface area contributed by atoms with Gasteiger partial charge in [-0.15, -0.1) is 0 Å². The minimum Gasteiger partial charge on any atom is -0.352 e. The van der Waals surface area contributed by atoms with Gasteiger partial charge in [0.1, 0.15) is 6.54 Å². The van der Waals surface area contributed by atoms with Crippen LogP contribution in [0.1, 0.15) is 57.2 Å². The monoisotopic (exact) mass is 354 g/mol. The fourth-order valence-electron chi connectivity index (χ4n) is 4.60. The number of nitrogens with one attached hydrogen (secondary N) is 1. The molecule has 1 fully saturated rings. The van der Waals surface area contributed by atoms with E-state index in [9.17, 15) is 4.79 Å². The first-order valence-electron chi connectivity index (χ1n) is 10.1. The summed E-state index contributed by atoms with van der Waals surface area (Å²) in [6, 6.07) is 3.01. The van der Waals surface area contributed by atoms with Gasteiger partial charge in [-0.25, -0.2) is 0 Å². The SMILES string of the molecule is CC(C)N1CCc2c(c3ccncc3n2CC(=O)NC2CCCCC2)C1. The molecule has 0 radical (unpaired) electrons. The van der Waals surface area contributed by atoms with E-state index in [1.165, 1.54) is 35.9 Å². The molecule has 2 aromatic heterocycles. The van der Waals surface area contributed by atoms with Crippen LogP contribution in [0.3, 0.4) is 0 Å². The van der Waals surface area contributed by atoms with E-state index in [4.69, 9.17) is 0 Å². The van der Waals surface area contributed by atoms with Crippen LogP contribution in [-0.4, -0.2) is 39.0 Å². The molecule has 26 heavy (non-hydrogen) atoms. The van der Waals surface area contributed by atoms with Crippen molar-refractivity contribution < 1.29 is 4.79 Å². The lowest BCUT2D eigenvalue weighted by atomic mass is 9.95. The number of rotatable bonds is 4. The molecule has 0 unspecified atom stereocenters. The van der Waals surface area contributed by atoms with E-state index in [-0.39, 0.29) is 5.91 Å². The van der Waals surface area contributed by atoms with Crippen LogP contribution in [0.4, 0.5) is 0 Å². The average molecular weight is 354 g/mol. The molecule has 1 amide bonds. The molecule has 2 aliphatic rings. The zero-order chi connectivity index (χ0) is 18.1. The fraction of sp³-hybridized carbons (Fsp3) is 0.619. The normalized spacial score (nSPS) is 19.0. The molecule has 5 heteroatoms. The van der Waals surface area contributed by atoms with E-state index < -0.39 is 0 Å². The van der Waals surface area contributed by atoms with Crippen molar-refractivity contribution in [1.29, 1.82) is 0 Å². The van der Waals surface area contributed by atoms with Crippen LogP contribution in [0.15, 0.2) is 18.5 Å². The van der Waals surface area contributed by atoms with Crippen molar-refractivity contribution in [2.45, 2.75) is 77.5 Å². The zero-order valence-electron chi connectivity index (χ0n) is 16.0. The fourth-order valence-corrected chi connectivity index (χ4v) is 4.60. The van der Waals surface area contributed by atoms with E-state index in [2.05, 4.69) is 39.7 Å². The second kappa shape index (κ2) is 7.39. The van der Waals surface area contributed by atoms with E-state index in [1.54, 1.807) is 0 Å². The number of aromatic nitrogens is 2. The van der Waals surface area contributed by atoms with Gasteiger partial charge in [0, 0.05) is 48.9 Å². The van der Waals surface area contributed by atoms with Gasteiger partial charge in [0.25, 0.3) is 0 Å². The molecular formula is C21H30N4O. The summed E-state index contributed by atoms with van der Waals surface area (Å²) in [5.41, 5.74) is 3.80. The predicted molar refractivity (Wildman–Crippen MR) is 104 cm³/mol.